The molecule has 6 aromatic carbocycles. The second kappa shape index (κ2) is 11.1. The zero-order valence-corrected chi connectivity index (χ0v) is 26.3. The fraction of sp³-hybridized carbons (Fsp3) is 0.0909. The molecule has 0 saturated carbocycles. The minimum Gasteiger partial charge on any atom is -0.255 e. The lowest BCUT2D eigenvalue weighted by atomic mass is 9.82. The van der Waals surface area contributed by atoms with E-state index in [2.05, 4.69) is 141 Å². The molecule has 0 spiro atoms. The first kappa shape index (κ1) is 27.9. The summed E-state index contributed by atoms with van der Waals surface area (Å²) in [6.45, 7) is 6.85. The van der Waals surface area contributed by atoms with Gasteiger partial charge in [-0.15, -0.1) is 0 Å². The zero-order chi connectivity index (χ0) is 31.3. The molecule has 0 saturated heterocycles. The van der Waals surface area contributed by atoms with Gasteiger partial charge in [-0.2, -0.15) is 0 Å². The Kier molecular flexibility index (Phi) is 6.73. The molecule has 220 valence electrons. The molecule has 0 aliphatic heterocycles. The summed E-state index contributed by atoms with van der Waals surface area (Å²) in [4.78, 5) is 9.13. The van der Waals surface area contributed by atoms with E-state index in [1.165, 1.54) is 60.1 Å². The van der Waals surface area contributed by atoms with E-state index in [4.69, 9.17) is 4.98 Å². The van der Waals surface area contributed by atoms with Crippen molar-refractivity contribution in [1.29, 1.82) is 0 Å². The van der Waals surface area contributed by atoms with Crippen LogP contribution in [0.25, 0.3) is 77.1 Å². The molecule has 0 N–H and O–H groups in total. The average Bonchev–Trinajstić information content (AvgIpc) is 3.10. The first-order valence-electron chi connectivity index (χ1n) is 15.9. The van der Waals surface area contributed by atoms with Gasteiger partial charge in [-0.25, -0.2) is 0 Å². The van der Waals surface area contributed by atoms with E-state index < -0.39 is 0 Å². The summed E-state index contributed by atoms with van der Waals surface area (Å²) in [6.07, 6.45) is 3.74. The first-order valence-corrected chi connectivity index (χ1v) is 15.9. The summed E-state index contributed by atoms with van der Waals surface area (Å²) < 4.78 is 0. The summed E-state index contributed by atoms with van der Waals surface area (Å²) in [5.41, 5.74) is 10.5. The highest BCUT2D eigenvalue weighted by Gasteiger charge is 2.19. The third-order valence-corrected chi connectivity index (χ3v) is 9.10. The maximum absolute atomic E-state index is 4.70. The maximum Gasteiger partial charge on any atom is 0.0886 e. The maximum atomic E-state index is 4.70. The van der Waals surface area contributed by atoms with Crippen LogP contribution in [0.1, 0.15) is 26.3 Å². The number of aromatic nitrogens is 2. The van der Waals surface area contributed by atoms with Gasteiger partial charge in [0.05, 0.1) is 11.4 Å². The summed E-state index contributed by atoms with van der Waals surface area (Å²) in [5, 5.41) is 7.52. The van der Waals surface area contributed by atoms with E-state index in [1.807, 2.05) is 30.5 Å². The van der Waals surface area contributed by atoms with E-state index in [1.54, 1.807) is 6.20 Å². The molecule has 0 fully saturated rings. The lowest BCUT2D eigenvalue weighted by Crippen LogP contribution is -2.10. The minimum absolute atomic E-state index is 0.0755. The fourth-order valence-corrected chi connectivity index (χ4v) is 6.70. The monoisotopic (exact) mass is 590 g/mol. The molecular formula is C44H34N2. The number of pyridine rings is 2. The molecule has 0 unspecified atom stereocenters. The molecule has 0 bridgehead atoms. The molecule has 0 radical (unpaired) electrons. The van der Waals surface area contributed by atoms with Gasteiger partial charge in [-0.05, 0) is 101 Å². The van der Waals surface area contributed by atoms with Crippen molar-refractivity contribution >= 4 is 32.3 Å². The molecule has 2 nitrogen and oxygen atoms in total. The van der Waals surface area contributed by atoms with Gasteiger partial charge in [0, 0.05) is 18.0 Å². The summed E-state index contributed by atoms with van der Waals surface area (Å²) in [5.74, 6) is 0. The molecule has 2 heteroatoms. The van der Waals surface area contributed by atoms with E-state index in [0.717, 1.165) is 22.5 Å². The van der Waals surface area contributed by atoms with Gasteiger partial charge >= 0.3 is 0 Å². The average molecular weight is 591 g/mol. The highest BCUT2D eigenvalue weighted by molar-refractivity contribution is 6.21. The highest BCUT2D eigenvalue weighted by Crippen LogP contribution is 2.44. The Hall–Kier alpha value is -5.60. The molecule has 8 rings (SSSR count). The Bertz CT molecular complexity index is 2320. The van der Waals surface area contributed by atoms with Crippen molar-refractivity contribution in [3.63, 3.8) is 0 Å². The lowest BCUT2D eigenvalue weighted by Gasteiger charge is -2.22. The van der Waals surface area contributed by atoms with Gasteiger partial charge in [0.2, 0.25) is 0 Å². The Balaban J connectivity index is 1.25. The number of fused-ring (bicyclic) bond motifs is 3. The minimum atomic E-state index is 0.0755. The summed E-state index contributed by atoms with van der Waals surface area (Å²) >= 11 is 0. The fourth-order valence-electron chi connectivity index (χ4n) is 6.70. The van der Waals surface area contributed by atoms with Crippen molar-refractivity contribution < 1.29 is 0 Å². The zero-order valence-electron chi connectivity index (χ0n) is 26.3. The predicted molar refractivity (Wildman–Crippen MR) is 195 cm³/mol. The van der Waals surface area contributed by atoms with Gasteiger partial charge in [0.15, 0.2) is 0 Å². The van der Waals surface area contributed by atoms with Crippen molar-refractivity contribution in [3.05, 3.63) is 157 Å². The number of hydrogen-bond acceptors (Lipinski definition) is 2. The van der Waals surface area contributed by atoms with Crippen molar-refractivity contribution in [1.82, 2.24) is 9.97 Å². The second-order valence-electron chi connectivity index (χ2n) is 13.1. The van der Waals surface area contributed by atoms with Crippen molar-refractivity contribution in [2.45, 2.75) is 26.2 Å². The smallest absolute Gasteiger partial charge is 0.0886 e. The van der Waals surface area contributed by atoms with Crippen LogP contribution in [0.15, 0.2) is 152 Å². The van der Waals surface area contributed by atoms with Crippen LogP contribution < -0.4 is 0 Å². The number of benzene rings is 6. The van der Waals surface area contributed by atoms with Crippen LogP contribution in [0, 0.1) is 0 Å². The molecular weight excluding hydrogens is 556 g/mol. The molecule has 0 aliphatic carbocycles. The largest absolute Gasteiger partial charge is 0.255 e. The standard InChI is InChI=1S/C44H34N2/c1-44(2,3)35-12-10-11-32(27-35)42-36-13-4-6-15-38(36)43(39-16-7-5-14-37(39)42)33-21-20-29-25-31(19-18-30(29)26-33)34-22-23-41(46-28-34)40-17-8-9-24-45-40/h4-28H,1-3H3. The third kappa shape index (κ3) is 4.93. The van der Waals surface area contributed by atoms with Crippen LogP contribution in [0.2, 0.25) is 0 Å². The predicted octanol–water partition coefficient (Wildman–Crippen LogP) is 11.9. The van der Waals surface area contributed by atoms with Crippen LogP contribution in [-0.2, 0) is 5.41 Å². The molecule has 2 aromatic heterocycles. The quantitative estimate of drug-likeness (QED) is 0.191. The van der Waals surface area contributed by atoms with E-state index in [9.17, 15) is 0 Å². The molecule has 0 atom stereocenters. The Morgan fingerprint density at radius 1 is 0.413 bits per heavy atom. The third-order valence-electron chi connectivity index (χ3n) is 9.10. The van der Waals surface area contributed by atoms with Gasteiger partial charge in [0.25, 0.3) is 0 Å². The lowest BCUT2D eigenvalue weighted by molar-refractivity contribution is 0.590. The SMILES string of the molecule is CC(C)(C)c1cccc(-c2c3ccccc3c(-c3ccc4cc(-c5ccc(-c6ccccn6)nc5)ccc4c3)c3ccccc23)c1. The summed E-state index contributed by atoms with van der Waals surface area (Å²) in [7, 11) is 0. The van der Waals surface area contributed by atoms with Crippen molar-refractivity contribution in [2.24, 2.45) is 0 Å². The van der Waals surface area contributed by atoms with E-state index in [-0.39, 0.29) is 5.41 Å². The van der Waals surface area contributed by atoms with E-state index in [0.29, 0.717) is 0 Å². The topological polar surface area (TPSA) is 25.8 Å². The first-order chi connectivity index (χ1) is 22.4. The molecule has 2 heterocycles. The van der Waals surface area contributed by atoms with Gasteiger partial charge in [-0.3, -0.25) is 9.97 Å². The molecule has 46 heavy (non-hydrogen) atoms. The van der Waals surface area contributed by atoms with Crippen LogP contribution >= 0.6 is 0 Å². The van der Waals surface area contributed by atoms with Crippen LogP contribution in [0.4, 0.5) is 0 Å². The summed E-state index contributed by atoms with van der Waals surface area (Å²) in [6, 6.07) is 50.5. The van der Waals surface area contributed by atoms with Crippen LogP contribution in [0.3, 0.4) is 0 Å². The van der Waals surface area contributed by atoms with Crippen molar-refractivity contribution in [3.8, 4) is 44.8 Å². The molecule has 0 aliphatic rings. The highest BCUT2D eigenvalue weighted by atomic mass is 14.8. The van der Waals surface area contributed by atoms with Gasteiger partial charge < -0.3 is 0 Å². The van der Waals surface area contributed by atoms with Crippen molar-refractivity contribution in [2.75, 3.05) is 0 Å². The van der Waals surface area contributed by atoms with Crippen LogP contribution in [0.5, 0.6) is 0 Å². The number of rotatable bonds is 4. The Morgan fingerprint density at radius 2 is 0.957 bits per heavy atom. The van der Waals surface area contributed by atoms with E-state index >= 15 is 0 Å². The Morgan fingerprint density at radius 3 is 1.52 bits per heavy atom. The van der Waals surface area contributed by atoms with Gasteiger partial charge in [0.1, 0.15) is 0 Å². The Labute approximate surface area is 270 Å². The second-order valence-corrected chi connectivity index (χ2v) is 13.1. The molecule has 0 amide bonds. The number of hydrogen-bond donors (Lipinski definition) is 0. The number of nitrogens with zero attached hydrogens (tertiary/aromatic N) is 2. The van der Waals surface area contributed by atoms with Gasteiger partial charge in [-0.1, -0.05) is 130 Å². The molecule has 8 aromatic rings. The van der Waals surface area contributed by atoms with Crippen LogP contribution in [-0.4, -0.2) is 9.97 Å². The normalized spacial score (nSPS) is 11.8.